The summed E-state index contributed by atoms with van der Waals surface area (Å²) in [5, 5.41) is 0. The zero-order chi connectivity index (χ0) is 9.80. The molecule has 0 aliphatic carbocycles. The Balaban J connectivity index is 2.23. The topological polar surface area (TPSA) is 0 Å². The van der Waals surface area contributed by atoms with Gasteiger partial charge in [0.2, 0.25) is 0 Å². The van der Waals surface area contributed by atoms with Crippen LogP contribution in [0.15, 0.2) is 42.5 Å². The van der Waals surface area contributed by atoms with Gasteiger partial charge < -0.3 is 0 Å². The molecule has 0 spiro atoms. The molecule has 1 aromatic heterocycles. The lowest BCUT2D eigenvalue weighted by atomic mass is 10.2. The van der Waals surface area contributed by atoms with Gasteiger partial charge in [-0.15, -0.1) is 11.3 Å². The highest BCUT2D eigenvalue weighted by Crippen LogP contribution is 2.20. The van der Waals surface area contributed by atoms with E-state index < -0.39 is 0 Å². The van der Waals surface area contributed by atoms with Gasteiger partial charge in [-0.05, 0) is 24.3 Å². The molecule has 0 fully saturated rings. The summed E-state index contributed by atoms with van der Waals surface area (Å²) in [5.41, 5.74) is 1.03. The summed E-state index contributed by atoms with van der Waals surface area (Å²) in [4.78, 5) is 0.999. The Labute approximate surface area is 92.2 Å². The summed E-state index contributed by atoms with van der Waals surface area (Å²) in [6, 6.07) is 13.7. The second-order valence-electron chi connectivity index (χ2n) is 2.72. The molecule has 0 aliphatic rings. The van der Waals surface area contributed by atoms with E-state index in [-0.39, 0.29) is 0 Å². The minimum atomic E-state index is 0.780. The maximum absolute atomic E-state index is 5.79. The summed E-state index contributed by atoms with van der Waals surface area (Å²) < 4.78 is 0.780. The van der Waals surface area contributed by atoms with Gasteiger partial charge in [0.1, 0.15) is 0 Å². The summed E-state index contributed by atoms with van der Waals surface area (Å²) >= 11 is 7.29. The predicted octanol–water partition coefficient (Wildman–Crippen LogP) is 3.80. The van der Waals surface area contributed by atoms with E-state index in [4.69, 9.17) is 11.6 Å². The predicted molar refractivity (Wildman–Crippen MR) is 61.8 cm³/mol. The molecule has 1 heterocycles. The first-order valence-corrected chi connectivity index (χ1v) is 5.36. The average Bonchev–Trinajstić information content (AvgIpc) is 2.63. The molecule has 2 heteroatoms. The van der Waals surface area contributed by atoms with Crippen LogP contribution in [0.5, 0.6) is 0 Å². The van der Waals surface area contributed by atoms with E-state index in [0.717, 1.165) is 14.8 Å². The Bertz CT molecular complexity index is 474. The molecule has 68 valence electrons. The van der Waals surface area contributed by atoms with Crippen LogP contribution in [0.25, 0.3) is 0 Å². The molecule has 0 saturated heterocycles. The van der Waals surface area contributed by atoms with Gasteiger partial charge in [-0.25, -0.2) is 0 Å². The van der Waals surface area contributed by atoms with Crippen LogP contribution >= 0.6 is 22.9 Å². The zero-order valence-electron chi connectivity index (χ0n) is 7.33. The lowest BCUT2D eigenvalue weighted by Crippen LogP contribution is -1.70. The van der Waals surface area contributed by atoms with Gasteiger partial charge in [-0.1, -0.05) is 41.6 Å². The largest absolute Gasteiger partial charge is 0.115 e. The van der Waals surface area contributed by atoms with Crippen molar-refractivity contribution in [2.45, 2.75) is 0 Å². The summed E-state index contributed by atoms with van der Waals surface area (Å²) in [6.07, 6.45) is 0. The molecule has 14 heavy (non-hydrogen) atoms. The van der Waals surface area contributed by atoms with Gasteiger partial charge in [-0.3, -0.25) is 0 Å². The highest BCUT2D eigenvalue weighted by Gasteiger charge is 1.91. The molecule has 0 nitrogen and oxygen atoms in total. The first-order chi connectivity index (χ1) is 6.84. The minimum absolute atomic E-state index is 0.780. The number of rotatable bonds is 0. The number of thiophene rings is 1. The minimum Gasteiger partial charge on any atom is -0.115 e. The maximum atomic E-state index is 5.79. The quantitative estimate of drug-likeness (QED) is 0.590. The summed E-state index contributed by atoms with van der Waals surface area (Å²) in [7, 11) is 0. The van der Waals surface area contributed by atoms with Crippen LogP contribution in [0.1, 0.15) is 10.4 Å². The van der Waals surface area contributed by atoms with Crippen LogP contribution in [0.3, 0.4) is 0 Å². The number of hydrogen-bond acceptors (Lipinski definition) is 1. The van der Waals surface area contributed by atoms with Gasteiger partial charge in [0.05, 0.1) is 9.21 Å². The van der Waals surface area contributed by atoms with Crippen molar-refractivity contribution in [3.8, 4) is 11.8 Å². The van der Waals surface area contributed by atoms with Gasteiger partial charge in [0, 0.05) is 5.56 Å². The number of halogens is 1. The maximum Gasteiger partial charge on any atom is 0.0941 e. The Morgan fingerprint density at radius 3 is 2.36 bits per heavy atom. The van der Waals surface area contributed by atoms with Crippen molar-refractivity contribution in [2.24, 2.45) is 0 Å². The highest BCUT2D eigenvalue weighted by atomic mass is 35.5. The van der Waals surface area contributed by atoms with E-state index >= 15 is 0 Å². The van der Waals surface area contributed by atoms with Crippen LogP contribution in [-0.2, 0) is 0 Å². The second kappa shape index (κ2) is 4.32. The molecular weight excluding hydrogens is 212 g/mol. The van der Waals surface area contributed by atoms with Gasteiger partial charge in [-0.2, -0.15) is 0 Å². The molecule has 0 amide bonds. The molecule has 0 bridgehead atoms. The van der Waals surface area contributed by atoms with Crippen molar-refractivity contribution in [3.05, 3.63) is 57.2 Å². The van der Waals surface area contributed by atoms with Crippen LogP contribution in [0.2, 0.25) is 4.34 Å². The van der Waals surface area contributed by atoms with Crippen molar-refractivity contribution in [3.63, 3.8) is 0 Å². The Kier molecular flexibility index (Phi) is 2.88. The van der Waals surface area contributed by atoms with Crippen LogP contribution in [-0.4, -0.2) is 0 Å². The Morgan fingerprint density at radius 2 is 1.71 bits per heavy atom. The van der Waals surface area contributed by atoms with Gasteiger partial charge in [0.25, 0.3) is 0 Å². The van der Waals surface area contributed by atoms with Gasteiger partial charge in [0.15, 0.2) is 0 Å². The fourth-order valence-electron chi connectivity index (χ4n) is 1.04. The molecule has 0 atom stereocenters. The first-order valence-electron chi connectivity index (χ1n) is 4.17. The highest BCUT2D eigenvalue weighted by molar-refractivity contribution is 7.16. The molecule has 2 aromatic rings. The fourth-order valence-corrected chi connectivity index (χ4v) is 1.93. The summed E-state index contributed by atoms with van der Waals surface area (Å²) in [6.45, 7) is 0. The molecule has 0 N–H and O–H groups in total. The lowest BCUT2D eigenvalue weighted by molar-refractivity contribution is 1.65. The van der Waals surface area contributed by atoms with E-state index in [1.165, 1.54) is 11.3 Å². The molecule has 0 unspecified atom stereocenters. The molecule has 1 aromatic carbocycles. The monoisotopic (exact) mass is 218 g/mol. The van der Waals surface area contributed by atoms with Crippen molar-refractivity contribution in [1.82, 2.24) is 0 Å². The van der Waals surface area contributed by atoms with E-state index in [2.05, 4.69) is 11.8 Å². The smallest absolute Gasteiger partial charge is 0.0941 e. The molecule has 2 rings (SSSR count). The lowest BCUT2D eigenvalue weighted by Gasteiger charge is -1.85. The Morgan fingerprint density at radius 1 is 0.929 bits per heavy atom. The van der Waals surface area contributed by atoms with Crippen LogP contribution in [0, 0.1) is 11.8 Å². The molecule has 0 aliphatic heterocycles. The van der Waals surface area contributed by atoms with Crippen LogP contribution < -0.4 is 0 Å². The van der Waals surface area contributed by atoms with Crippen molar-refractivity contribution < 1.29 is 0 Å². The number of hydrogen-bond donors (Lipinski definition) is 0. The van der Waals surface area contributed by atoms with Crippen LogP contribution in [0.4, 0.5) is 0 Å². The Hall–Kier alpha value is -1.23. The zero-order valence-corrected chi connectivity index (χ0v) is 8.90. The number of benzene rings is 1. The SMILES string of the molecule is Clc1ccc(C#Cc2ccccc2)s1. The van der Waals surface area contributed by atoms with E-state index in [0.29, 0.717) is 0 Å². The van der Waals surface area contributed by atoms with E-state index in [1.807, 2.05) is 42.5 Å². The molecule has 0 radical (unpaired) electrons. The average molecular weight is 219 g/mol. The first kappa shape index (κ1) is 9.33. The normalized spacial score (nSPS) is 9.21. The second-order valence-corrected chi connectivity index (χ2v) is 4.43. The van der Waals surface area contributed by atoms with Gasteiger partial charge >= 0.3 is 0 Å². The van der Waals surface area contributed by atoms with Crippen molar-refractivity contribution in [1.29, 1.82) is 0 Å². The molecule has 0 saturated carbocycles. The third kappa shape index (κ3) is 2.38. The standard InChI is InChI=1S/C12H7ClS/c13-12-9-8-11(14-12)7-6-10-4-2-1-3-5-10/h1-5,8-9H. The van der Waals surface area contributed by atoms with E-state index in [1.54, 1.807) is 0 Å². The fraction of sp³-hybridized carbons (Fsp3) is 0. The molecular formula is C12H7ClS. The van der Waals surface area contributed by atoms with Crippen molar-refractivity contribution in [2.75, 3.05) is 0 Å². The van der Waals surface area contributed by atoms with E-state index in [9.17, 15) is 0 Å². The third-order valence-electron chi connectivity index (χ3n) is 1.68. The van der Waals surface area contributed by atoms with Crippen molar-refractivity contribution >= 4 is 22.9 Å². The summed E-state index contributed by atoms with van der Waals surface area (Å²) in [5.74, 6) is 6.14. The third-order valence-corrected chi connectivity index (χ3v) is 2.82.